The van der Waals surface area contributed by atoms with Crippen molar-refractivity contribution in [1.29, 1.82) is 0 Å². The fourth-order valence-electron chi connectivity index (χ4n) is 3.75. The Hall–Kier alpha value is -1.35. The van der Waals surface area contributed by atoms with E-state index < -0.39 is 5.97 Å². The maximum Gasteiger partial charge on any atom is 0.312 e. The highest BCUT2D eigenvalue weighted by Crippen LogP contribution is 2.32. The molecule has 1 fully saturated rings. The van der Waals surface area contributed by atoms with Crippen LogP contribution in [0.2, 0.25) is 0 Å². The van der Waals surface area contributed by atoms with Gasteiger partial charge in [-0.05, 0) is 24.0 Å². The van der Waals surface area contributed by atoms with Crippen molar-refractivity contribution < 1.29 is 9.90 Å². The van der Waals surface area contributed by atoms with E-state index in [0.717, 1.165) is 12.1 Å². The van der Waals surface area contributed by atoms with Gasteiger partial charge in [0.2, 0.25) is 0 Å². The van der Waals surface area contributed by atoms with Gasteiger partial charge in [0.25, 0.3) is 0 Å². The van der Waals surface area contributed by atoms with E-state index in [1.807, 2.05) is 18.2 Å². The second-order valence-corrected chi connectivity index (χ2v) is 6.16. The molecule has 2 aliphatic rings. The predicted molar refractivity (Wildman–Crippen MR) is 78.7 cm³/mol. The molecular formula is C17H23NO2. The van der Waals surface area contributed by atoms with Crippen LogP contribution in [-0.4, -0.2) is 28.6 Å². The van der Waals surface area contributed by atoms with Crippen LogP contribution in [0.1, 0.15) is 55.6 Å². The van der Waals surface area contributed by atoms with Gasteiger partial charge in [0.05, 0.1) is 5.92 Å². The van der Waals surface area contributed by atoms with E-state index in [1.54, 1.807) is 0 Å². The molecule has 0 saturated heterocycles. The Balaban J connectivity index is 1.83. The summed E-state index contributed by atoms with van der Waals surface area (Å²) in [5.74, 6) is -1.04. The zero-order chi connectivity index (χ0) is 13.9. The van der Waals surface area contributed by atoms with Crippen molar-refractivity contribution in [2.24, 2.45) is 0 Å². The summed E-state index contributed by atoms with van der Waals surface area (Å²) in [5.41, 5.74) is 2.22. The second kappa shape index (κ2) is 5.96. The SMILES string of the molecule is O=C(O)C1CN(C2CCCCCC2)Cc2ccccc21. The molecule has 0 radical (unpaired) electrons. The van der Waals surface area contributed by atoms with Crippen LogP contribution in [0.25, 0.3) is 0 Å². The highest BCUT2D eigenvalue weighted by molar-refractivity contribution is 5.77. The summed E-state index contributed by atoms with van der Waals surface area (Å²) in [7, 11) is 0. The van der Waals surface area contributed by atoms with Gasteiger partial charge in [-0.15, -0.1) is 0 Å². The molecular weight excluding hydrogens is 250 g/mol. The number of fused-ring (bicyclic) bond motifs is 1. The van der Waals surface area contributed by atoms with Crippen LogP contribution in [0, 0.1) is 0 Å². The van der Waals surface area contributed by atoms with Crippen molar-refractivity contribution >= 4 is 5.97 Å². The molecule has 108 valence electrons. The summed E-state index contributed by atoms with van der Waals surface area (Å²) in [6.07, 6.45) is 7.72. The second-order valence-electron chi connectivity index (χ2n) is 6.16. The van der Waals surface area contributed by atoms with E-state index in [9.17, 15) is 9.90 Å². The molecule has 1 aliphatic carbocycles. The first-order chi connectivity index (χ1) is 9.75. The lowest BCUT2D eigenvalue weighted by Gasteiger charge is -2.38. The van der Waals surface area contributed by atoms with Crippen LogP contribution in [0.15, 0.2) is 24.3 Å². The number of hydrogen-bond donors (Lipinski definition) is 1. The standard InChI is InChI=1S/C17H23NO2/c19-17(20)16-12-18(14-8-3-1-2-4-9-14)11-13-7-5-6-10-15(13)16/h5-7,10,14,16H,1-4,8-9,11-12H2,(H,19,20). The molecule has 0 aromatic heterocycles. The molecule has 3 heteroatoms. The number of hydrogen-bond acceptors (Lipinski definition) is 2. The Morgan fingerprint density at radius 2 is 1.80 bits per heavy atom. The summed E-state index contributed by atoms with van der Waals surface area (Å²) in [6, 6.07) is 8.63. The van der Waals surface area contributed by atoms with Crippen molar-refractivity contribution in [2.75, 3.05) is 6.54 Å². The zero-order valence-corrected chi connectivity index (χ0v) is 11.9. The number of carboxylic acid groups (broad SMARTS) is 1. The van der Waals surface area contributed by atoms with E-state index in [1.165, 1.54) is 44.1 Å². The van der Waals surface area contributed by atoms with E-state index in [0.29, 0.717) is 12.6 Å². The number of rotatable bonds is 2. The number of nitrogens with zero attached hydrogens (tertiary/aromatic N) is 1. The Morgan fingerprint density at radius 3 is 2.50 bits per heavy atom. The number of carbonyl (C=O) groups is 1. The van der Waals surface area contributed by atoms with Crippen LogP contribution in [0.3, 0.4) is 0 Å². The number of benzene rings is 1. The van der Waals surface area contributed by atoms with E-state index in [2.05, 4.69) is 11.0 Å². The normalized spacial score (nSPS) is 24.9. The smallest absolute Gasteiger partial charge is 0.312 e. The summed E-state index contributed by atoms with van der Waals surface area (Å²) in [6.45, 7) is 1.60. The van der Waals surface area contributed by atoms with Gasteiger partial charge < -0.3 is 5.11 Å². The van der Waals surface area contributed by atoms with E-state index in [4.69, 9.17) is 0 Å². The van der Waals surface area contributed by atoms with Crippen LogP contribution >= 0.6 is 0 Å². The molecule has 1 saturated carbocycles. The highest BCUT2D eigenvalue weighted by Gasteiger charge is 2.33. The first-order valence-corrected chi connectivity index (χ1v) is 7.80. The molecule has 1 aromatic rings. The molecule has 1 N–H and O–H groups in total. The van der Waals surface area contributed by atoms with Gasteiger partial charge in [-0.2, -0.15) is 0 Å². The third-order valence-electron chi connectivity index (χ3n) is 4.86. The largest absolute Gasteiger partial charge is 0.481 e. The van der Waals surface area contributed by atoms with Gasteiger partial charge in [-0.1, -0.05) is 49.9 Å². The minimum atomic E-state index is -0.684. The fourth-order valence-corrected chi connectivity index (χ4v) is 3.75. The minimum absolute atomic E-state index is 0.358. The highest BCUT2D eigenvalue weighted by atomic mass is 16.4. The first kappa shape index (κ1) is 13.6. The molecule has 1 aromatic carbocycles. The van der Waals surface area contributed by atoms with Crippen molar-refractivity contribution in [3.05, 3.63) is 35.4 Å². The van der Waals surface area contributed by atoms with E-state index >= 15 is 0 Å². The molecule has 0 amide bonds. The minimum Gasteiger partial charge on any atom is -0.481 e. The molecule has 0 spiro atoms. The van der Waals surface area contributed by atoms with Crippen LogP contribution in [0.5, 0.6) is 0 Å². The summed E-state index contributed by atoms with van der Waals surface area (Å²) < 4.78 is 0. The van der Waals surface area contributed by atoms with Crippen molar-refractivity contribution in [3.63, 3.8) is 0 Å². The summed E-state index contributed by atoms with van der Waals surface area (Å²) >= 11 is 0. The third-order valence-corrected chi connectivity index (χ3v) is 4.86. The molecule has 0 bridgehead atoms. The van der Waals surface area contributed by atoms with Gasteiger partial charge >= 0.3 is 5.97 Å². The monoisotopic (exact) mass is 273 g/mol. The first-order valence-electron chi connectivity index (χ1n) is 7.80. The fraction of sp³-hybridized carbons (Fsp3) is 0.588. The van der Waals surface area contributed by atoms with Crippen molar-refractivity contribution in [3.8, 4) is 0 Å². The molecule has 20 heavy (non-hydrogen) atoms. The van der Waals surface area contributed by atoms with Gasteiger partial charge in [0, 0.05) is 19.1 Å². The van der Waals surface area contributed by atoms with Gasteiger partial charge in [-0.3, -0.25) is 9.69 Å². The van der Waals surface area contributed by atoms with Crippen molar-refractivity contribution in [1.82, 2.24) is 4.90 Å². The Morgan fingerprint density at radius 1 is 1.10 bits per heavy atom. The summed E-state index contributed by atoms with van der Waals surface area (Å²) in [4.78, 5) is 14.0. The van der Waals surface area contributed by atoms with E-state index in [-0.39, 0.29) is 5.92 Å². The lowest BCUT2D eigenvalue weighted by Crippen LogP contribution is -2.42. The Bertz CT molecular complexity index is 478. The predicted octanol–water partition coefficient (Wildman–Crippen LogP) is 3.39. The molecule has 3 rings (SSSR count). The average Bonchev–Trinajstić information content (AvgIpc) is 2.75. The molecule has 1 heterocycles. The molecule has 1 aliphatic heterocycles. The lowest BCUT2D eigenvalue weighted by molar-refractivity contribution is -0.139. The summed E-state index contributed by atoms with van der Waals surface area (Å²) in [5, 5.41) is 9.53. The van der Waals surface area contributed by atoms with Crippen LogP contribution in [-0.2, 0) is 11.3 Å². The maximum atomic E-state index is 11.6. The molecule has 1 atom stereocenters. The molecule has 3 nitrogen and oxygen atoms in total. The van der Waals surface area contributed by atoms with Crippen LogP contribution in [0.4, 0.5) is 0 Å². The Kier molecular flexibility index (Phi) is 4.06. The lowest BCUT2D eigenvalue weighted by atomic mass is 9.88. The van der Waals surface area contributed by atoms with Gasteiger partial charge in [-0.25, -0.2) is 0 Å². The van der Waals surface area contributed by atoms with Gasteiger partial charge in [0.1, 0.15) is 0 Å². The van der Waals surface area contributed by atoms with Crippen LogP contribution < -0.4 is 0 Å². The van der Waals surface area contributed by atoms with Crippen molar-refractivity contribution in [2.45, 2.75) is 57.0 Å². The topological polar surface area (TPSA) is 40.5 Å². The zero-order valence-electron chi connectivity index (χ0n) is 11.9. The maximum absolute atomic E-state index is 11.6. The quantitative estimate of drug-likeness (QED) is 0.840. The van der Waals surface area contributed by atoms with Gasteiger partial charge in [0.15, 0.2) is 0 Å². The Labute approximate surface area is 120 Å². The number of carboxylic acids is 1. The molecule has 1 unspecified atom stereocenters. The number of aliphatic carboxylic acids is 1. The third kappa shape index (κ3) is 2.73. The average molecular weight is 273 g/mol.